The third kappa shape index (κ3) is 2.04. The van der Waals surface area contributed by atoms with Crippen molar-refractivity contribution in [2.45, 2.75) is 19.9 Å². The van der Waals surface area contributed by atoms with E-state index in [2.05, 4.69) is 16.8 Å². The molecule has 2 N–H and O–H groups in total. The van der Waals surface area contributed by atoms with Crippen LogP contribution >= 0.6 is 0 Å². The first kappa shape index (κ1) is 9.46. The van der Waals surface area contributed by atoms with Crippen LogP contribution in [0.5, 0.6) is 0 Å². The van der Waals surface area contributed by atoms with Crippen LogP contribution in [-0.4, -0.2) is 23.0 Å². The van der Waals surface area contributed by atoms with Crippen molar-refractivity contribution in [1.82, 2.24) is 9.88 Å². The van der Waals surface area contributed by atoms with Gasteiger partial charge in [-0.05, 0) is 31.0 Å². The lowest BCUT2D eigenvalue weighted by Crippen LogP contribution is -2.21. The van der Waals surface area contributed by atoms with E-state index in [1.165, 1.54) is 19.5 Å². The van der Waals surface area contributed by atoms with Gasteiger partial charge in [0, 0.05) is 19.3 Å². The molecule has 0 bridgehead atoms. The Balaban J connectivity index is 2.01. The number of aromatic nitrogens is 1. The summed E-state index contributed by atoms with van der Waals surface area (Å²) in [5, 5.41) is 0. The number of likely N-dealkylation sites (tertiary alicyclic amines) is 1. The number of nitrogen functional groups attached to an aromatic ring is 1. The van der Waals surface area contributed by atoms with E-state index >= 15 is 0 Å². The molecule has 0 aromatic carbocycles. The number of hydrogen-bond acceptors (Lipinski definition) is 3. The lowest BCUT2D eigenvalue weighted by molar-refractivity contribution is 0.317. The first-order valence-electron chi connectivity index (χ1n) is 5.17. The van der Waals surface area contributed by atoms with Gasteiger partial charge in [-0.2, -0.15) is 0 Å². The van der Waals surface area contributed by atoms with Crippen LogP contribution in [0.25, 0.3) is 0 Å². The molecule has 1 fully saturated rings. The lowest BCUT2D eigenvalue weighted by atomic mass is 10.2. The van der Waals surface area contributed by atoms with E-state index in [0.717, 1.165) is 23.8 Å². The molecule has 0 saturated carbocycles. The maximum atomic E-state index is 5.84. The van der Waals surface area contributed by atoms with Crippen molar-refractivity contribution in [3.8, 4) is 0 Å². The minimum atomic E-state index is 0.812. The zero-order valence-corrected chi connectivity index (χ0v) is 8.61. The van der Waals surface area contributed by atoms with E-state index in [9.17, 15) is 0 Å². The van der Waals surface area contributed by atoms with Crippen LogP contribution in [0.2, 0.25) is 0 Å². The summed E-state index contributed by atoms with van der Waals surface area (Å²) >= 11 is 0. The minimum Gasteiger partial charge on any atom is -0.397 e. The molecule has 14 heavy (non-hydrogen) atoms. The summed E-state index contributed by atoms with van der Waals surface area (Å²) in [4.78, 5) is 6.72. The number of anilines is 1. The second-order valence-corrected chi connectivity index (χ2v) is 4.17. The van der Waals surface area contributed by atoms with Crippen molar-refractivity contribution < 1.29 is 0 Å². The van der Waals surface area contributed by atoms with Gasteiger partial charge in [-0.25, -0.2) is 0 Å². The average molecular weight is 191 g/mol. The SMILES string of the molecule is CC1CCN(Cc2ncccc2N)C1. The predicted molar refractivity (Wildman–Crippen MR) is 57.7 cm³/mol. The van der Waals surface area contributed by atoms with E-state index in [0.29, 0.717) is 0 Å². The van der Waals surface area contributed by atoms with Crippen molar-refractivity contribution in [1.29, 1.82) is 0 Å². The Bertz CT molecular complexity index is 311. The fourth-order valence-electron chi connectivity index (χ4n) is 1.96. The molecule has 0 radical (unpaired) electrons. The average Bonchev–Trinajstić information content (AvgIpc) is 2.56. The second-order valence-electron chi connectivity index (χ2n) is 4.17. The molecule has 0 aliphatic carbocycles. The van der Waals surface area contributed by atoms with Crippen LogP contribution in [-0.2, 0) is 6.54 Å². The number of rotatable bonds is 2. The fraction of sp³-hybridized carbons (Fsp3) is 0.545. The van der Waals surface area contributed by atoms with Gasteiger partial charge in [0.1, 0.15) is 0 Å². The molecule has 1 aliphatic rings. The van der Waals surface area contributed by atoms with Crippen LogP contribution in [0.4, 0.5) is 5.69 Å². The van der Waals surface area contributed by atoms with Gasteiger partial charge in [-0.1, -0.05) is 6.92 Å². The first-order valence-corrected chi connectivity index (χ1v) is 5.17. The van der Waals surface area contributed by atoms with Gasteiger partial charge < -0.3 is 5.73 Å². The summed E-state index contributed by atoms with van der Waals surface area (Å²) < 4.78 is 0. The molecular weight excluding hydrogens is 174 g/mol. The standard InChI is InChI=1S/C11H17N3/c1-9-4-6-14(7-9)8-11-10(12)3-2-5-13-11/h2-3,5,9H,4,6-8,12H2,1H3. The molecule has 1 aromatic rings. The van der Waals surface area contributed by atoms with E-state index in [4.69, 9.17) is 5.73 Å². The van der Waals surface area contributed by atoms with Gasteiger partial charge in [-0.3, -0.25) is 9.88 Å². The Morgan fingerprint density at radius 3 is 3.14 bits per heavy atom. The third-order valence-electron chi connectivity index (χ3n) is 2.81. The quantitative estimate of drug-likeness (QED) is 0.770. The van der Waals surface area contributed by atoms with Gasteiger partial charge in [0.15, 0.2) is 0 Å². The molecule has 76 valence electrons. The number of nitrogens with two attached hydrogens (primary N) is 1. The Morgan fingerprint density at radius 1 is 1.64 bits per heavy atom. The third-order valence-corrected chi connectivity index (χ3v) is 2.81. The van der Waals surface area contributed by atoms with Crippen LogP contribution in [0.15, 0.2) is 18.3 Å². The summed E-state index contributed by atoms with van der Waals surface area (Å²) in [6.45, 7) is 5.55. The summed E-state index contributed by atoms with van der Waals surface area (Å²) in [7, 11) is 0. The van der Waals surface area contributed by atoms with Gasteiger partial charge in [0.05, 0.1) is 11.4 Å². The highest BCUT2D eigenvalue weighted by Gasteiger charge is 2.19. The summed E-state index contributed by atoms with van der Waals surface area (Å²) in [6, 6.07) is 3.80. The van der Waals surface area contributed by atoms with E-state index in [-0.39, 0.29) is 0 Å². The molecule has 1 aliphatic heterocycles. The molecule has 0 amide bonds. The smallest absolute Gasteiger partial charge is 0.0772 e. The van der Waals surface area contributed by atoms with Crippen LogP contribution < -0.4 is 5.73 Å². The van der Waals surface area contributed by atoms with Gasteiger partial charge in [-0.15, -0.1) is 0 Å². The molecule has 2 rings (SSSR count). The van der Waals surface area contributed by atoms with Crippen molar-refractivity contribution in [2.75, 3.05) is 18.8 Å². The molecular formula is C11H17N3. The first-order chi connectivity index (χ1) is 6.75. The summed E-state index contributed by atoms with van der Waals surface area (Å²) in [5.41, 5.74) is 7.67. The second kappa shape index (κ2) is 3.96. The van der Waals surface area contributed by atoms with E-state index < -0.39 is 0 Å². The lowest BCUT2D eigenvalue weighted by Gasteiger charge is -2.15. The highest BCUT2D eigenvalue weighted by atomic mass is 15.1. The Morgan fingerprint density at radius 2 is 2.50 bits per heavy atom. The molecule has 2 heterocycles. The van der Waals surface area contributed by atoms with Crippen LogP contribution in [0.3, 0.4) is 0 Å². The van der Waals surface area contributed by atoms with Gasteiger partial charge >= 0.3 is 0 Å². The van der Waals surface area contributed by atoms with Crippen LogP contribution in [0.1, 0.15) is 19.0 Å². The highest BCUT2D eigenvalue weighted by molar-refractivity contribution is 5.41. The van der Waals surface area contributed by atoms with Crippen molar-refractivity contribution in [3.05, 3.63) is 24.0 Å². The number of nitrogens with zero attached hydrogens (tertiary/aromatic N) is 2. The largest absolute Gasteiger partial charge is 0.397 e. The van der Waals surface area contributed by atoms with Crippen molar-refractivity contribution in [2.24, 2.45) is 5.92 Å². The van der Waals surface area contributed by atoms with E-state index in [1.54, 1.807) is 0 Å². The summed E-state index contributed by atoms with van der Waals surface area (Å²) in [5.74, 6) is 0.819. The Labute approximate surface area is 84.9 Å². The zero-order valence-electron chi connectivity index (χ0n) is 8.61. The summed E-state index contributed by atoms with van der Waals surface area (Å²) in [6.07, 6.45) is 3.11. The monoisotopic (exact) mass is 191 g/mol. The molecule has 3 heteroatoms. The Hall–Kier alpha value is -1.09. The maximum Gasteiger partial charge on any atom is 0.0772 e. The molecule has 3 nitrogen and oxygen atoms in total. The van der Waals surface area contributed by atoms with Crippen LogP contribution in [0, 0.1) is 5.92 Å². The Kier molecular flexibility index (Phi) is 2.68. The maximum absolute atomic E-state index is 5.84. The number of pyridine rings is 1. The van der Waals surface area contributed by atoms with Gasteiger partial charge in [0.2, 0.25) is 0 Å². The fourth-order valence-corrected chi connectivity index (χ4v) is 1.96. The minimum absolute atomic E-state index is 0.812. The van der Waals surface area contributed by atoms with E-state index in [1.807, 2.05) is 18.3 Å². The normalized spacial score (nSPS) is 22.8. The molecule has 1 atom stereocenters. The predicted octanol–water partition coefficient (Wildman–Crippen LogP) is 1.51. The van der Waals surface area contributed by atoms with Gasteiger partial charge in [0.25, 0.3) is 0 Å². The molecule has 1 saturated heterocycles. The van der Waals surface area contributed by atoms with Crippen molar-refractivity contribution >= 4 is 5.69 Å². The molecule has 1 unspecified atom stereocenters. The highest BCUT2D eigenvalue weighted by Crippen LogP contribution is 2.18. The molecule has 0 spiro atoms. The zero-order chi connectivity index (χ0) is 9.97. The number of hydrogen-bond donors (Lipinski definition) is 1. The van der Waals surface area contributed by atoms with Crippen molar-refractivity contribution in [3.63, 3.8) is 0 Å². The molecule has 1 aromatic heterocycles. The topological polar surface area (TPSA) is 42.2 Å².